The van der Waals surface area contributed by atoms with Gasteiger partial charge in [-0.3, -0.25) is 4.98 Å². The van der Waals surface area contributed by atoms with E-state index in [1.54, 1.807) is 0 Å². The number of rotatable bonds is 3. The van der Waals surface area contributed by atoms with Gasteiger partial charge in [0.15, 0.2) is 0 Å². The summed E-state index contributed by atoms with van der Waals surface area (Å²) in [5.74, 6) is 0. The maximum atomic E-state index is 6.32. The third kappa shape index (κ3) is 1.93. The molecule has 17 heavy (non-hydrogen) atoms. The van der Waals surface area contributed by atoms with Gasteiger partial charge in [-0.05, 0) is 42.4 Å². The van der Waals surface area contributed by atoms with Gasteiger partial charge < -0.3 is 5.73 Å². The minimum atomic E-state index is 0.272. The zero-order valence-electron chi connectivity index (χ0n) is 10.2. The minimum Gasteiger partial charge on any atom is -0.327 e. The van der Waals surface area contributed by atoms with Crippen molar-refractivity contribution < 1.29 is 0 Å². The van der Waals surface area contributed by atoms with Crippen LogP contribution in [0.2, 0.25) is 0 Å². The molecule has 1 aromatic heterocycles. The highest BCUT2D eigenvalue weighted by atomic mass is 14.7. The first kappa shape index (κ1) is 10.7. The van der Waals surface area contributed by atoms with Crippen LogP contribution in [0.25, 0.3) is 10.9 Å². The van der Waals surface area contributed by atoms with Crippen LogP contribution in [0, 0.1) is 5.41 Å². The van der Waals surface area contributed by atoms with Crippen LogP contribution in [-0.2, 0) is 6.42 Å². The van der Waals surface area contributed by atoms with Crippen molar-refractivity contribution in [3.63, 3.8) is 0 Å². The van der Waals surface area contributed by atoms with Crippen LogP contribution in [0.4, 0.5) is 0 Å². The second-order valence-electron chi connectivity index (χ2n) is 5.45. The molecule has 0 bridgehead atoms. The van der Waals surface area contributed by atoms with E-state index in [0.29, 0.717) is 5.41 Å². The Morgan fingerprint density at radius 2 is 2.06 bits per heavy atom. The molecule has 0 radical (unpaired) electrons. The molecule has 1 aromatic carbocycles. The Morgan fingerprint density at radius 3 is 2.82 bits per heavy atom. The Labute approximate surface area is 102 Å². The molecule has 2 N–H and O–H groups in total. The molecule has 2 heteroatoms. The van der Waals surface area contributed by atoms with Crippen molar-refractivity contribution in [3.05, 3.63) is 42.1 Å². The molecule has 88 valence electrons. The minimum absolute atomic E-state index is 0.272. The van der Waals surface area contributed by atoms with Crippen molar-refractivity contribution in [3.8, 4) is 0 Å². The van der Waals surface area contributed by atoms with E-state index in [4.69, 9.17) is 5.73 Å². The number of nitrogens with zero attached hydrogens (tertiary/aromatic N) is 1. The number of aromatic nitrogens is 1. The van der Waals surface area contributed by atoms with E-state index in [9.17, 15) is 0 Å². The molecule has 1 aliphatic carbocycles. The highest BCUT2D eigenvalue weighted by Gasteiger charge is 2.42. The molecule has 0 saturated heterocycles. The van der Waals surface area contributed by atoms with Gasteiger partial charge in [-0.2, -0.15) is 0 Å². The maximum Gasteiger partial charge on any atom is 0.0704 e. The highest BCUT2D eigenvalue weighted by molar-refractivity contribution is 5.81. The van der Waals surface area contributed by atoms with E-state index >= 15 is 0 Å². The van der Waals surface area contributed by atoms with Gasteiger partial charge in [-0.1, -0.05) is 25.1 Å². The summed E-state index contributed by atoms with van der Waals surface area (Å²) in [6.45, 7) is 2.29. The van der Waals surface area contributed by atoms with Crippen molar-refractivity contribution in [2.24, 2.45) is 11.1 Å². The normalized spacial score (nSPS) is 19.2. The van der Waals surface area contributed by atoms with E-state index in [1.165, 1.54) is 23.8 Å². The zero-order valence-corrected chi connectivity index (χ0v) is 10.2. The lowest BCUT2D eigenvalue weighted by Crippen LogP contribution is -2.31. The predicted molar refractivity (Wildman–Crippen MR) is 70.8 cm³/mol. The second-order valence-corrected chi connectivity index (χ2v) is 5.45. The third-order valence-electron chi connectivity index (χ3n) is 4.11. The Morgan fingerprint density at radius 1 is 1.29 bits per heavy atom. The van der Waals surface area contributed by atoms with Crippen molar-refractivity contribution in [1.82, 2.24) is 4.98 Å². The fourth-order valence-electron chi connectivity index (χ4n) is 2.38. The average molecular weight is 226 g/mol. The Hall–Kier alpha value is -1.41. The number of hydrogen-bond donors (Lipinski definition) is 1. The van der Waals surface area contributed by atoms with Gasteiger partial charge in [0.05, 0.1) is 5.52 Å². The lowest BCUT2D eigenvalue weighted by atomic mass is 9.92. The smallest absolute Gasteiger partial charge is 0.0704 e. The average Bonchev–Trinajstić information content (AvgIpc) is 3.09. The van der Waals surface area contributed by atoms with Gasteiger partial charge in [0.1, 0.15) is 0 Å². The van der Waals surface area contributed by atoms with Crippen LogP contribution < -0.4 is 5.73 Å². The summed E-state index contributed by atoms with van der Waals surface area (Å²) >= 11 is 0. The standard InChI is InChI=1S/C15H18N2/c1-15(7-8-15)14(16)10-11-6-9-17-13-5-3-2-4-12(11)13/h2-6,9,14H,7-8,10,16H2,1H3. The summed E-state index contributed by atoms with van der Waals surface area (Å²) in [5, 5.41) is 1.25. The number of hydrogen-bond acceptors (Lipinski definition) is 2. The summed E-state index contributed by atoms with van der Waals surface area (Å²) in [6.07, 6.45) is 5.40. The molecule has 0 aliphatic heterocycles. The number of benzene rings is 1. The zero-order chi connectivity index (χ0) is 11.9. The highest BCUT2D eigenvalue weighted by Crippen LogP contribution is 2.48. The first-order valence-electron chi connectivity index (χ1n) is 6.27. The molecule has 3 rings (SSSR count). The van der Waals surface area contributed by atoms with Gasteiger partial charge >= 0.3 is 0 Å². The fraction of sp³-hybridized carbons (Fsp3) is 0.400. The van der Waals surface area contributed by atoms with Crippen LogP contribution >= 0.6 is 0 Å². The van der Waals surface area contributed by atoms with Gasteiger partial charge in [0, 0.05) is 17.6 Å². The quantitative estimate of drug-likeness (QED) is 0.874. The van der Waals surface area contributed by atoms with Crippen molar-refractivity contribution in [1.29, 1.82) is 0 Å². The van der Waals surface area contributed by atoms with Crippen LogP contribution in [0.1, 0.15) is 25.3 Å². The molecular weight excluding hydrogens is 208 g/mol. The van der Waals surface area contributed by atoms with E-state index < -0.39 is 0 Å². The molecule has 0 spiro atoms. The number of nitrogens with two attached hydrogens (primary N) is 1. The summed E-state index contributed by atoms with van der Waals surface area (Å²) in [7, 11) is 0. The molecule has 1 unspecified atom stereocenters. The molecule has 1 saturated carbocycles. The summed E-state index contributed by atoms with van der Waals surface area (Å²) in [4.78, 5) is 4.39. The molecule has 1 fully saturated rings. The molecule has 1 atom stereocenters. The number of fused-ring (bicyclic) bond motifs is 1. The van der Waals surface area contributed by atoms with E-state index in [2.05, 4.69) is 36.2 Å². The molecule has 1 aliphatic rings. The molecule has 2 nitrogen and oxygen atoms in total. The van der Waals surface area contributed by atoms with Gasteiger partial charge in [0.25, 0.3) is 0 Å². The van der Waals surface area contributed by atoms with E-state index in [0.717, 1.165) is 11.9 Å². The Bertz CT molecular complexity index is 538. The predicted octanol–water partition coefficient (Wildman–Crippen LogP) is 2.90. The molecule has 1 heterocycles. The first-order chi connectivity index (χ1) is 8.19. The van der Waals surface area contributed by atoms with Gasteiger partial charge in [0.2, 0.25) is 0 Å². The topological polar surface area (TPSA) is 38.9 Å². The van der Waals surface area contributed by atoms with Crippen molar-refractivity contribution in [2.45, 2.75) is 32.2 Å². The summed E-state index contributed by atoms with van der Waals surface area (Å²) in [5.41, 5.74) is 9.09. The molecule has 0 amide bonds. The van der Waals surface area contributed by atoms with E-state index in [-0.39, 0.29) is 6.04 Å². The third-order valence-corrected chi connectivity index (χ3v) is 4.11. The number of pyridine rings is 1. The largest absolute Gasteiger partial charge is 0.327 e. The van der Waals surface area contributed by atoms with E-state index in [1.807, 2.05) is 12.3 Å². The number of para-hydroxylation sites is 1. The first-order valence-corrected chi connectivity index (χ1v) is 6.27. The van der Waals surface area contributed by atoms with Gasteiger partial charge in [-0.15, -0.1) is 0 Å². The van der Waals surface area contributed by atoms with Crippen molar-refractivity contribution >= 4 is 10.9 Å². The SMILES string of the molecule is CC1(C(N)Cc2ccnc3ccccc23)CC1. The second kappa shape index (κ2) is 3.81. The summed E-state index contributed by atoms with van der Waals surface area (Å²) in [6, 6.07) is 10.7. The lowest BCUT2D eigenvalue weighted by Gasteiger charge is -2.19. The summed E-state index contributed by atoms with van der Waals surface area (Å²) < 4.78 is 0. The van der Waals surface area contributed by atoms with Crippen molar-refractivity contribution in [2.75, 3.05) is 0 Å². The fourth-order valence-corrected chi connectivity index (χ4v) is 2.38. The Kier molecular flexibility index (Phi) is 2.40. The van der Waals surface area contributed by atoms with Crippen LogP contribution in [-0.4, -0.2) is 11.0 Å². The lowest BCUT2D eigenvalue weighted by molar-refractivity contribution is 0.434. The monoisotopic (exact) mass is 226 g/mol. The maximum absolute atomic E-state index is 6.32. The van der Waals surface area contributed by atoms with Gasteiger partial charge in [-0.25, -0.2) is 0 Å². The van der Waals surface area contributed by atoms with Crippen LogP contribution in [0.15, 0.2) is 36.5 Å². The molecular formula is C15H18N2. The Balaban J connectivity index is 1.94. The van der Waals surface area contributed by atoms with Crippen LogP contribution in [0.3, 0.4) is 0 Å². The van der Waals surface area contributed by atoms with Crippen LogP contribution in [0.5, 0.6) is 0 Å². The molecule has 2 aromatic rings.